The van der Waals surface area contributed by atoms with Gasteiger partial charge in [0.15, 0.2) is 0 Å². The predicted molar refractivity (Wildman–Crippen MR) is 107 cm³/mol. The number of nitrogens with zero attached hydrogens (tertiary/aromatic N) is 2. The van der Waals surface area contributed by atoms with E-state index in [1.54, 1.807) is 0 Å². The van der Waals surface area contributed by atoms with E-state index in [1.165, 1.54) is 0 Å². The summed E-state index contributed by atoms with van der Waals surface area (Å²) < 4.78 is 0. The Morgan fingerprint density at radius 2 is 1.85 bits per heavy atom. The number of fused-ring (bicyclic) bond motifs is 2. The Morgan fingerprint density at radius 1 is 1.04 bits per heavy atom. The van der Waals surface area contributed by atoms with Gasteiger partial charge in [0, 0.05) is 34.9 Å². The van der Waals surface area contributed by atoms with Gasteiger partial charge in [-0.2, -0.15) is 0 Å². The maximum atomic E-state index is 12.9. The number of aromatic amines is 2. The SMILES string of the molecule is O=C(c1cc2cc(Cl)ccc2[nH]1)N1CCC(c2nc3ccccc3[nH]2)CC1. The average molecular weight is 379 g/mol. The quantitative estimate of drug-likeness (QED) is 0.530. The number of carbonyl (C=O) groups excluding carboxylic acids is 1. The largest absolute Gasteiger partial charge is 0.351 e. The fourth-order valence-electron chi connectivity index (χ4n) is 3.91. The van der Waals surface area contributed by atoms with Crippen molar-refractivity contribution in [3.05, 3.63) is 65.1 Å². The molecule has 5 rings (SSSR count). The zero-order chi connectivity index (χ0) is 18.4. The number of aromatic nitrogens is 3. The lowest BCUT2D eigenvalue weighted by Crippen LogP contribution is -2.38. The molecule has 4 aromatic rings. The molecule has 6 heteroatoms. The van der Waals surface area contributed by atoms with Gasteiger partial charge in [0.2, 0.25) is 0 Å². The van der Waals surface area contributed by atoms with E-state index in [1.807, 2.05) is 53.4 Å². The standard InChI is InChI=1S/C21H19ClN4O/c22-15-5-6-16-14(11-15)12-19(23-16)21(27)26-9-7-13(8-10-26)20-24-17-3-1-2-4-18(17)25-20/h1-6,11-13,23H,7-10H2,(H,24,25). The first-order valence-electron chi connectivity index (χ1n) is 9.19. The highest BCUT2D eigenvalue weighted by molar-refractivity contribution is 6.31. The van der Waals surface area contributed by atoms with Gasteiger partial charge in [-0.15, -0.1) is 0 Å². The molecule has 0 unspecified atom stereocenters. The van der Waals surface area contributed by atoms with Crippen molar-refractivity contribution < 1.29 is 4.79 Å². The number of nitrogens with one attached hydrogen (secondary N) is 2. The van der Waals surface area contributed by atoms with Crippen molar-refractivity contribution in [1.82, 2.24) is 19.9 Å². The summed E-state index contributed by atoms with van der Waals surface area (Å²) >= 11 is 6.04. The monoisotopic (exact) mass is 378 g/mol. The number of para-hydroxylation sites is 2. The maximum absolute atomic E-state index is 12.9. The minimum atomic E-state index is 0.0466. The summed E-state index contributed by atoms with van der Waals surface area (Å²) in [7, 11) is 0. The molecule has 0 radical (unpaired) electrons. The zero-order valence-corrected chi connectivity index (χ0v) is 15.5. The number of piperidine rings is 1. The number of benzene rings is 2. The van der Waals surface area contributed by atoms with Crippen LogP contribution in [0.15, 0.2) is 48.5 Å². The molecule has 3 heterocycles. The van der Waals surface area contributed by atoms with Crippen molar-refractivity contribution in [2.24, 2.45) is 0 Å². The molecule has 0 spiro atoms. The molecular weight excluding hydrogens is 360 g/mol. The van der Waals surface area contributed by atoms with Gasteiger partial charge in [0.25, 0.3) is 5.91 Å². The summed E-state index contributed by atoms with van der Waals surface area (Å²) in [6.45, 7) is 1.47. The second kappa shape index (κ2) is 6.43. The lowest BCUT2D eigenvalue weighted by molar-refractivity contribution is 0.0706. The van der Waals surface area contributed by atoms with Crippen LogP contribution in [0.1, 0.15) is 35.1 Å². The van der Waals surface area contributed by atoms with Gasteiger partial charge in [0.05, 0.1) is 11.0 Å². The highest BCUT2D eigenvalue weighted by atomic mass is 35.5. The van der Waals surface area contributed by atoms with E-state index < -0.39 is 0 Å². The average Bonchev–Trinajstić information content (AvgIpc) is 3.31. The van der Waals surface area contributed by atoms with Gasteiger partial charge >= 0.3 is 0 Å². The minimum absolute atomic E-state index is 0.0466. The van der Waals surface area contributed by atoms with E-state index in [0.29, 0.717) is 16.6 Å². The molecule has 0 aliphatic carbocycles. The van der Waals surface area contributed by atoms with Crippen molar-refractivity contribution in [1.29, 1.82) is 0 Å². The van der Waals surface area contributed by atoms with E-state index in [2.05, 4.69) is 9.97 Å². The van der Waals surface area contributed by atoms with Crippen LogP contribution in [-0.2, 0) is 0 Å². The zero-order valence-electron chi connectivity index (χ0n) is 14.7. The smallest absolute Gasteiger partial charge is 0.270 e. The topological polar surface area (TPSA) is 64.8 Å². The number of hydrogen-bond acceptors (Lipinski definition) is 2. The first-order valence-corrected chi connectivity index (χ1v) is 9.57. The summed E-state index contributed by atoms with van der Waals surface area (Å²) in [6.07, 6.45) is 1.83. The van der Waals surface area contributed by atoms with Crippen LogP contribution < -0.4 is 0 Å². The van der Waals surface area contributed by atoms with Gasteiger partial charge in [-0.05, 0) is 49.2 Å². The third-order valence-electron chi connectivity index (χ3n) is 5.39. The van der Waals surface area contributed by atoms with Gasteiger partial charge < -0.3 is 14.9 Å². The lowest BCUT2D eigenvalue weighted by atomic mass is 9.96. The van der Waals surface area contributed by atoms with Crippen molar-refractivity contribution in [3.63, 3.8) is 0 Å². The molecule has 1 aliphatic rings. The molecule has 1 aliphatic heterocycles. The Morgan fingerprint density at radius 3 is 2.67 bits per heavy atom. The fourth-order valence-corrected chi connectivity index (χ4v) is 4.09. The first kappa shape index (κ1) is 16.4. The van der Waals surface area contributed by atoms with E-state index in [4.69, 9.17) is 16.6 Å². The molecule has 0 atom stereocenters. The minimum Gasteiger partial charge on any atom is -0.351 e. The molecule has 2 aromatic heterocycles. The van der Waals surface area contributed by atoms with Crippen LogP contribution in [0.4, 0.5) is 0 Å². The van der Waals surface area contributed by atoms with Crippen molar-refractivity contribution in [3.8, 4) is 0 Å². The molecule has 136 valence electrons. The summed E-state index contributed by atoms with van der Waals surface area (Å²) in [6, 6.07) is 15.6. The number of imidazole rings is 1. The molecule has 1 amide bonds. The Balaban J connectivity index is 1.31. The summed E-state index contributed by atoms with van der Waals surface area (Å²) in [5, 5.41) is 1.63. The van der Waals surface area contributed by atoms with Crippen molar-refractivity contribution in [2.75, 3.05) is 13.1 Å². The van der Waals surface area contributed by atoms with E-state index in [0.717, 1.165) is 53.7 Å². The van der Waals surface area contributed by atoms with Crippen LogP contribution >= 0.6 is 11.6 Å². The van der Waals surface area contributed by atoms with E-state index in [-0.39, 0.29) is 5.91 Å². The number of rotatable bonds is 2. The molecule has 2 aromatic carbocycles. The number of likely N-dealkylation sites (tertiary alicyclic amines) is 1. The van der Waals surface area contributed by atoms with Crippen LogP contribution in [0.25, 0.3) is 21.9 Å². The van der Waals surface area contributed by atoms with Gasteiger partial charge in [-0.3, -0.25) is 4.79 Å². The molecular formula is C21H19ClN4O. The van der Waals surface area contributed by atoms with Crippen LogP contribution in [0.5, 0.6) is 0 Å². The number of hydrogen-bond donors (Lipinski definition) is 2. The van der Waals surface area contributed by atoms with Gasteiger partial charge in [-0.1, -0.05) is 23.7 Å². The molecule has 1 fully saturated rings. The van der Waals surface area contributed by atoms with Crippen LogP contribution in [0, 0.1) is 0 Å². The number of carbonyl (C=O) groups is 1. The Hall–Kier alpha value is -2.79. The molecule has 1 saturated heterocycles. The summed E-state index contributed by atoms with van der Waals surface area (Å²) in [4.78, 5) is 26.2. The predicted octanol–water partition coefficient (Wildman–Crippen LogP) is 4.72. The second-order valence-electron chi connectivity index (χ2n) is 7.12. The molecule has 27 heavy (non-hydrogen) atoms. The first-order chi connectivity index (χ1) is 13.2. The number of amides is 1. The van der Waals surface area contributed by atoms with Crippen molar-refractivity contribution in [2.45, 2.75) is 18.8 Å². The van der Waals surface area contributed by atoms with Gasteiger partial charge in [-0.25, -0.2) is 4.98 Å². The molecule has 2 N–H and O–H groups in total. The molecule has 0 bridgehead atoms. The Bertz CT molecular complexity index is 1100. The van der Waals surface area contributed by atoms with Crippen LogP contribution in [-0.4, -0.2) is 38.8 Å². The Labute approximate surface area is 161 Å². The maximum Gasteiger partial charge on any atom is 0.270 e. The number of H-pyrrole nitrogens is 2. The van der Waals surface area contributed by atoms with E-state index >= 15 is 0 Å². The summed E-state index contributed by atoms with van der Waals surface area (Å²) in [5.41, 5.74) is 3.62. The lowest BCUT2D eigenvalue weighted by Gasteiger charge is -2.30. The van der Waals surface area contributed by atoms with Crippen LogP contribution in [0.3, 0.4) is 0 Å². The highest BCUT2D eigenvalue weighted by Crippen LogP contribution is 2.29. The molecule has 0 saturated carbocycles. The summed E-state index contributed by atoms with van der Waals surface area (Å²) in [5.74, 6) is 1.44. The highest BCUT2D eigenvalue weighted by Gasteiger charge is 2.27. The van der Waals surface area contributed by atoms with E-state index in [9.17, 15) is 4.79 Å². The second-order valence-corrected chi connectivity index (χ2v) is 7.56. The van der Waals surface area contributed by atoms with Gasteiger partial charge in [0.1, 0.15) is 11.5 Å². The Kier molecular flexibility index (Phi) is 3.90. The third-order valence-corrected chi connectivity index (χ3v) is 5.62. The number of halogens is 1. The fraction of sp³-hybridized carbons (Fsp3) is 0.238. The van der Waals surface area contributed by atoms with Crippen molar-refractivity contribution >= 4 is 39.4 Å². The molecule has 5 nitrogen and oxygen atoms in total. The third kappa shape index (κ3) is 2.98. The van der Waals surface area contributed by atoms with Crippen LogP contribution in [0.2, 0.25) is 5.02 Å². The normalized spacial score (nSPS) is 15.7.